The van der Waals surface area contributed by atoms with Crippen LogP contribution in [0.2, 0.25) is 0 Å². The number of aliphatic carboxylic acids is 2. The molecule has 6 rings (SSSR count). The van der Waals surface area contributed by atoms with Crippen LogP contribution in [-0.2, 0) is 9.59 Å². The van der Waals surface area contributed by atoms with Crippen LogP contribution in [0.3, 0.4) is 0 Å². The number of amides is 2. The second kappa shape index (κ2) is 17.6. The molecule has 13 nitrogen and oxygen atoms in total. The Kier molecular flexibility index (Phi) is 12.6. The van der Waals surface area contributed by atoms with E-state index in [0.717, 1.165) is 27.8 Å². The Hall–Kier alpha value is -6.19. The molecule has 264 valence electrons. The molecule has 6 aromatic rings. The molecule has 0 unspecified atom stereocenters. The smallest absolute Gasteiger partial charge is 0.305 e. The predicted molar refractivity (Wildman–Crippen MR) is 196 cm³/mol. The van der Waals surface area contributed by atoms with E-state index in [1.807, 2.05) is 74.5 Å². The lowest BCUT2D eigenvalue weighted by molar-refractivity contribution is -0.138. The first-order chi connectivity index (χ1) is 25.1. The van der Waals surface area contributed by atoms with E-state index < -0.39 is 35.8 Å². The molecule has 0 fully saturated rings. The molecule has 0 aliphatic carbocycles. The van der Waals surface area contributed by atoms with Gasteiger partial charge in [0.05, 0.1) is 31.1 Å². The molecule has 0 radical (unpaired) electrons. The summed E-state index contributed by atoms with van der Waals surface area (Å²) in [6, 6.07) is 17.2. The van der Waals surface area contributed by atoms with Crippen molar-refractivity contribution in [1.82, 2.24) is 35.6 Å². The standard InChI is InChI=1S/C19H17N3O3S.C18H16N4O3S/c1-12-4-2-3-5-14(12)15(10-17(23)24)21-18(25)16-11-26-19(22-16)13-6-8-20-9-7-13;1-11-4-2-3-5-12(11)13(8-16(23)24)21-17(25)15-10-26-18(22-15)14-9-19-6-7-20-14/h2-9,11,15H,10H2,1H3,(H,21,25)(H,23,24);2-7,9-10,13H,8H2,1H3,(H,21,25)(H,23,24)/t15-;13-/m00/s1. The monoisotopic (exact) mass is 735 g/mol. The van der Waals surface area contributed by atoms with Crippen molar-refractivity contribution < 1.29 is 29.4 Å². The molecule has 4 aromatic heterocycles. The molecule has 0 saturated carbocycles. The van der Waals surface area contributed by atoms with Crippen LogP contribution in [0.25, 0.3) is 21.3 Å². The molecule has 0 saturated heterocycles. The molecule has 15 heteroatoms. The topological polar surface area (TPSA) is 197 Å². The number of aryl methyl sites for hydroxylation is 2. The lowest BCUT2D eigenvalue weighted by Gasteiger charge is -2.18. The van der Waals surface area contributed by atoms with Crippen molar-refractivity contribution in [3.8, 4) is 21.3 Å². The summed E-state index contributed by atoms with van der Waals surface area (Å²) in [7, 11) is 0. The van der Waals surface area contributed by atoms with Crippen molar-refractivity contribution in [2.75, 3.05) is 0 Å². The summed E-state index contributed by atoms with van der Waals surface area (Å²) >= 11 is 2.64. The Balaban J connectivity index is 0.000000201. The maximum atomic E-state index is 12.6. The lowest BCUT2D eigenvalue weighted by atomic mass is 9.98. The summed E-state index contributed by atoms with van der Waals surface area (Å²) in [6.07, 6.45) is 7.60. The van der Waals surface area contributed by atoms with E-state index in [0.29, 0.717) is 15.7 Å². The molecular weight excluding hydrogens is 703 g/mol. The summed E-state index contributed by atoms with van der Waals surface area (Å²) in [5, 5.41) is 28.5. The summed E-state index contributed by atoms with van der Waals surface area (Å²) in [5.74, 6) is -2.78. The molecule has 2 atom stereocenters. The zero-order chi connectivity index (χ0) is 37.0. The van der Waals surface area contributed by atoms with Gasteiger partial charge in [-0.05, 0) is 48.2 Å². The van der Waals surface area contributed by atoms with Crippen molar-refractivity contribution in [3.05, 3.63) is 136 Å². The fourth-order valence-corrected chi connectivity index (χ4v) is 6.72. The van der Waals surface area contributed by atoms with Gasteiger partial charge in [0.1, 0.15) is 27.1 Å². The van der Waals surface area contributed by atoms with Crippen molar-refractivity contribution in [3.63, 3.8) is 0 Å². The first kappa shape index (κ1) is 37.1. The van der Waals surface area contributed by atoms with Crippen molar-refractivity contribution >= 4 is 46.4 Å². The summed E-state index contributed by atoms with van der Waals surface area (Å²) < 4.78 is 0. The quantitative estimate of drug-likeness (QED) is 0.110. The van der Waals surface area contributed by atoms with Gasteiger partial charge in [-0.1, -0.05) is 48.5 Å². The number of aromatic nitrogens is 5. The minimum Gasteiger partial charge on any atom is -0.481 e. The molecular formula is C37H33N7O6S2. The number of rotatable bonds is 12. The number of carbonyl (C=O) groups excluding carboxylic acids is 2. The molecule has 0 bridgehead atoms. The number of nitrogens with one attached hydrogen (secondary N) is 2. The van der Waals surface area contributed by atoms with E-state index in [-0.39, 0.29) is 24.2 Å². The second-order valence-electron chi connectivity index (χ2n) is 11.4. The summed E-state index contributed by atoms with van der Waals surface area (Å²) in [4.78, 5) is 68.4. The number of carbonyl (C=O) groups is 4. The second-order valence-corrected chi connectivity index (χ2v) is 13.1. The zero-order valence-electron chi connectivity index (χ0n) is 28.0. The SMILES string of the molecule is Cc1ccccc1[C@H](CC(=O)O)NC(=O)c1csc(-c2ccncc2)n1.Cc1ccccc1[C@H](CC(=O)O)NC(=O)c1csc(-c2cnccn2)n1. The number of thiazole rings is 2. The average Bonchev–Trinajstić information content (AvgIpc) is 3.84. The molecule has 0 aliphatic rings. The van der Waals surface area contributed by atoms with Gasteiger partial charge in [0.2, 0.25) is 0 Å². The zero-order valence-corrected chi connectivity index (χ0v) is 29.6. The van der Waals surface area contributed by atoms with Crippen LogP contribution in [0.1, 0.15) is 68.2 Å². The maximum absolute atomic E-state index is 12.6. The van der Waals surface area contributed by atoms with E-state index in [9.17, 15) is 29.4 Å². The van der Waals surface area contributed by atoms with Crippen LogP contribution in [0.4, 0.5) is 0 Å². The minimum atomic E-state index is -0.989. The fourth-order valence-electron chi connectivity index (χ4n) is 5.16. The normalized spacial score (nSPS) is 11.7. The van der Waals surface area contributed by atoms with Gasteiger partial charge < -0.3 is 20.8 Å². The van der Waals surface area contributed by atoms with Gasteiger partial charge in [0.15, 0.2) is 0 Å². The third kappa shape index (κ3) is 9.95. The van der Waals surface area contributed by atoms with E-state index in [1.165, 1.54) is 22.7 Å². The Bertz CT molecular complexity index is 2000. The predicted octanol–water partition coefficient (Wildman–Crippen LogP) is 6.31. The summed E-state index contributed by atoms with van der Waals surface area (Å²) in [6.45, 7) is 3.77. The maximum Gasteiger partial charge on any atom is 0.305 e. The Labute approximate surface area is 306 Å². The van der Waals surface area contributed by atoms with Gasteiger partial charge in [-0.3, -0.25) is 34.1 Å². The van der Waals surface area contributed by atoms with Crippen LogP contribution in [0, 0.1) is 13.8 Å². The fraction of sp³-hybridized carbons (Fsp3) is 0.162. The molecule has 0 spiro atoms. The number of carboxylic acid groups (broad SMARTS) is 2. The van der Waals surface area contributed by atoms with Crippen LogP contribution in [0.15, 0.2) is 102 Å². The molecule has 4 heterocycles. The van der Waals surface area contributed by atoms with Gasteiger partial charge in [-0.2, -0.15) is 0 Å². The third-order valence-electron chi connectivity index (χ3n) is 7.68. The van der Waals surface area contributed by atoms with Crippen LogP contribution in [0.5, 0.6) is 0 Å². The third-order valence-corrected chi connectivity index (χ3v) is 9.44. The lowest BCUT2D eigenvalue weighted by Crippen LogP contribution is -2.30. The van der Waals surface area contributed by atoms with Gasteiger partial charge in [0.25, 0.3) is 11.8 Å². The molecule has 2 amide bonds. The number of nitrogens with zero attached hydrogens (tertiary/aromatic N) is 5. The highest BCUT2D eigenvalue weighted by molar-refractivity contribution is 7.13. The molecule has 0 aliphatic heterocycles. The average molecular weight is 736 g/mol. The van der Waals surface area contributed by atoms with E-state index in [1.54, 1.807) is 41.7 Å². The van der Waals surface area contributed by atoms with Crippen molar-refractivity contribution in [2.45, 2.75) is 38.8 Å². The van der Waals surface area contributed by atoms with E-state index in [4.69, 9.17) is 0 Å². The van der Waals surface area contributed by atoms with Crippen LogP contribution >= 0.6 is 22.7 Å². The number of benzene rings is 2. The Morgan fingerprint density at radius 2 is 1.15 bits per heavy atom. The van der Waals surface area contributed by atoms with Gasteiger partial charge in [-0.25, -0.2) is 9.97 Å². The van der Waals surface area contributed by atoms with Gasteiger partial charge >= 0.3 is 11.9 Å². The molecule has 52 heavy (non-hydrogen) atoms. The van der Waals surface area contributed by atoms with Crippen molar-refractivity contribution in [2.24, 2.45) is 0 Å². The first-order valence-electron chi connectivity index (χ1n) is 15.8. The van der Waals surface area contributed by atoms with Gasteiger partial charge in [-0.15, -0.1) is 22.7 Å². The highest BCUT2D eigenvalue weighted by Crippen LogP contribution is 2.26. The van der Waals surface area contributed by atoms with E-state index in [2.05, 4.69) is 35.6 Å². The largest absolute Gasteiger partial charge is 0.481 e. The van der Waals surface area contributed by atoms with Crippen LogP contribution < -0.4 is 10.6 Å². The van der Waals surface area contributed by atoms with E-state index >= 15 is 0 Å². The minimum absolute atomic E-state index is 0.196. The first-order valence-corrected chi connectivity index (χ1v) is 17.6. The number of hydrogen-bond donors (Lipinski definition) is 4. The highest BCUT2D eigenvalue weighted by Gasteiger charge is 2.23. The van der Waals surface area contributed by atoms with Gasteiger partial charge in [0, 0.05) is 41.1 Å². The number of pyridine rings is 1. The Morgan fingerprint density at radius 3 is 1.63 bits per heavy atom. The van der Waals surface area contributed by atoms with Crippen LogP contribution in [-0.4, -0.2) is 58.9 Å². The molecule has 4 N–H and O–H groups in total. The Morgan fingerprint density at radius 1 is 0.654 bits per heavy atom. The molecule has 2 aromatic carbocycles. The van der Waals surface area contributed by atoms with Crippen molar-refractivity contribution in [1.29, 1.82) is 0 Å². The number of carboxylic acids is 2. The number of hydrogen-bond acceptors (Lipinski definition) is 11. The summed E-state index contributed by atoms with van der Waals surface area (Å²) in [5.41, 5.74) is 5.35. The highest BCUT2D eigenvalue weighted by atomic mass is 32.1.